The van der Waals surface area contributed by atoms with E-state index in [4.69, 9.17) is 33.2 Å². The van der Waals surface area contributed by atoms with E-state index in [9.17, 15) is 29.7 Å². The number of Topliss-reactive ketones (excluding diaryl/α,β-unsaturated/α-hetero) is 1. The minimum Gasteiger partial charge on any atom is -0.506 e. The summed E-state index contributed by atoms with van der Waals surface area (Å²) in [7, 11) is 3.32. The van der Waals surface area contributed by atoms with E-state index < -0.39 is 46.0 Å². The number of benzene rings is 3. The van der Waals surface area contributed by atoms with Crippen molar-refractivity contribution < 1.29 is 62.9 Å². The summed E-state index contributed by atoms with van der Waals surface area (Å²) < 4.78 is 42.8. The number of carbonyl (C=O) groups is 3. The lowest BCUT2D eigenvalue weighted by Gasteiger charge is -2.50. The summed E-state index contributed by atoms with van der Waals surface area (Å²) in [5.74, 6) is 0.0309. The van der Waals surface area contributed by atoms with E-state index in [1.807, 2.05) is 77.1 Å². The van der Waals surface area contributed by atoms with Gasteiger partial charge in [-0.05, 0) is 118 Å². The van der Waals surface area contributed by atoms with Crippen LogP contribution in [0.25, 0.3) is 6.08 Å². The van der Waals surface area contributed by atoms with Crippen molar-refractivity contribution >= 4 is 23.8 Å². The molecule has 3 aromatic carbocycles. The van der Waals surface area contributed by atoms with Crippen LogP contribution < -0.4 is 28.4 Å². The monoisotopic (exact) mass is 930 g/mol. The van der Waals surface area contributed by atoms with Crippen LogP contribution >= 0.6 is 0 Å². The average molecular weight is 931 g/mol. The lowest BCUT2D eigenvalue weighted by atomic mass is 9.60. The molecule has 5 aliphatic heterocycles. The molecule has 0 aromatic heterocycles. The molecule has 3 aromatic rings. The third-order valence-corrected chi connectivity index (χ3v) is 14.2. The number of carboxylic acids is 2. The Balaban J connectivity index is 0.000000245. The summed E-state index contributed by atoms with van der Waals surface area (Å²) in [5, 5.41) is 32.4. The third kappa shape index (κ3) is 8.01. The van der Waals surface area contributed by atoms with Gasteiger partial charge in [0, 0.05) is 52.3 Å². The predicted octanol–water partition coefficient (Wildman–Crippen LogP) is 10.8. The Bertz CT molecular complexity index is 2730. The first-order valence-corrected chi connectivity index (χ1v) is 23.2. The summed E-state index contributed by atoms with van der Waals surface area (Å²) in [4.78, 5) is 40.0. The van der Waals surface area contributed by atoms with Gasteiger partial charge in [-0.15, -0.1) is 0 Å². The molecule has 0 bridgehead atoms. The Hall–Kier alpha value is -6.47. The molecule has 5 heterocycles. The predicted molar refractivity (Wildman–Crippen MR) is 256 cm³/mol. The molecule has 3 N–H and O–H groups in total. The van der Waals surface area contributed by atoms with Gasteiger partial charge >= 0.3 is 11.9 Å². The lowest BCUT2D eigenvalue weighted by Crippen LogP contribution is -2.66. The van der Waals surface area contributed by atoms with Gasteiger partial charge in [-0.2, -0.15) is 0 Å². The van der Waals surface area contributed by atoms with Crippen molar-refractivity contribution in [3.05, 3.63) is 117 Å². The first-order chi connectivity index (χ1) is 32.2. The van der Waals surface area contributed by atoms with Crippen LogP contribution in [-0.2, 0) is 20.7 Å². The molecule has 0 amide bonds. The smallest absolute Gasteiger partial charge is 0.340 e. The number of phenolic OH excluding ortho intramolecular Hbond substituents is 1. The molecule has 13 nitrogen and oxygen atoms in total. The van der Waals surface area contributed by atoms with Gasteiger partial charge in [-0.1, -0.05) is 41.5 Å². The molecule has 1 fully saturated rings. The van der Waals surface area contributed by atoms with E-state index in [2.05, 4.69) is 12.1 Å². The summed E-state index contributed by atoms with van der Waals surface area (Å²) in [5.41, 5.74) is -0.414. The quantitative estimate of drug-likeness (QED) is 0.122. The number of methoxy groups -OCH3 is 2. The highest BCUT2D eigenvalue weighted by molar-refractivity contribution is 6.17. The van der Waals surface area contributed by atoms with Crippen molar-refractivity contribution in [3.8, 4) is 40.2 Å². The Morgan fingerprint density at radius 1 is 0.868 bits per heavy atom. The van der Waals surface area contributed by atoms with Gasteiger partial charge in [0.15, 0.2) is 11.4 Å². The van der Waals surface area contributed by atoms with Crippen LogP contribution in [0.5, 0.6) is 40.2 Å². The number of hydrogen-bond acceptors (Lipinski definition) is 11. The van der Waals surface area contributed by atoms with Crippen molar-refractivity contribution in [2.75, 3.05) is 20.8 Å². The van der Waals surface area contributed by atoms with Crippen LogP contribution in [0, 0.1) is 5.92 Å². The van der Waals surface area contributed by atoms with Gasteiger partial charge in [0.1, 0.15) is 57.5 Å². The molecule has 0 radical (unpaired) electrons. The molecule has 1 aliphatic carbocycles. The van der Waals surface area contributed by atoms with Crippen LogP contribution in [0.1, 0.15) is 132 Å². The molecule has 6 atom stereocenters. The zero-order valence-corrected chi connectivity index (χ0v) is 40.5. The van der Waals surface area contributed by atoms with E-state index in [1.54, 1.807) is 40.2 Å². The number of rotatable bonds is 11. The molecule has 6 unspecified atom stereocenters. The average Bonchev–Trinajstić information content (AvgIpc) is 3.77. The highest BCUT2D eigenvalue weighted by atomic mass is 16.6. The SMILES string of the molecule is CC(C)=CCCC1(C)C=Cc2c(O)c3c(c(CC=C(C)C)c2O1)OC12C(=CCCC1C(C)(C)OC2(CC=C(C)C(=O)O)C(=O)O)C3=O.COc1ccc2c(c1)OC1c3ccc(OC)cc3OCC21. The number of allylic oxidation sites excluding steroid dienone is 5. The van der Waals surface area contributed by atoms with Gasteiger partial charge in [-0.3, -0.25) is 4.79 Å². The molecule has 1 saturated heterocycles. The number of aromatic hydroxyl groups is 1. The number of hydrogen-bond donors (Lipinski definition) is 3. The minimum atomic E-state index is -2.16. The van der Waals surface area contributed by atoms with E-state index in [0.29, 0.717) is 49.2 Å². The lowest BCUT2D eigenvalue weighted by molar-refractivity contribution is -0.184. The second kappa shape index (κ2) is 17.9. The van der Waals surface area contributed by atoms with Crippen molar-refractivity contribution in [3.63, 3.8) is 0 Å². The molecule has 1 spiro atoms. The largest absolute Gasteiger partial charge is 0.506 e. The highest BCUT2D eigenvalue weighted by Crippen LogP contribution is 2.64. The normalized spacial score (nSPS) is 26.3. The van der Waals surface area contributed by atoms with E-state index in [-0.39, 0.29) is 46.7 Å². The second-order valence-corrected chi connectivity index (χ2v) is 19.7. The third-order valence-electron chi connectivity index (χ3n) is 14.2. The first-order valence-electron chi connectivity index (χ1n) is 23.2. The van der Waals surface area contributed by atoms with Crippen molar-refractivity contribution in [2.24, 2.45) is 5.92 Å². The van der Waals surface area contributed by atoms with E-state index >= 15 is 0 Å². The van der Waals surface area contributed by atoms with Crippen molar-refractivity contribution in [1.29, 1.82) is 0 Å². The van der Waals surface area contributed by atoms with Crippen LogP contribution in [0.2, 0.25) is 0 Å². The fraction of sp³-hybridized carbons (Fsp3) is 0.436. The highest BCUT2D eigenvalue weighted by Gasteiger charge is 2.77. The van der Waals surface area contributed by atoms with Gasteiger partial charge in [0.05, 0.1) is 37.9 Å². The Labute approximate surface area is 397 Å². The van der Waals surface area contributed by atoms with E-state index in [0.717, 1.165) is 40.6 Å². The molecular formula is C55H62O13. The summed E-state index contributed by atoms with van der Waals surface area (Å²) in [6.45, 7) is 15.5. The Morgan fingerprint density at radius 2 is 1.54 bits per heavy atom. The number of fused-ring (bicyclic) bond motifs is 7. The van der Waals surface area contributed by atoms with Crippen LogP contribution in [-0.4, -0.2) is 76.3 Å². The maximum Gasteiger partial charge on any atom is 0.340 e. The van der Waals surface area contributed by atoms with E-state index in [1.165, 1.54) is 24.1 Å². The zero-order chi connectivity index (χ0) is 49.1. The Morgan fingerprint density at radius 3 is 2.19 bits per heavy atom. The topological polar surface area (TPSA) is 177 Å². The standard InChI is InChI=1S/C38H46O9.C17H16O4/c1-21(2)11-10-18-36(8)19-17-24-29(39)28-30(40)26-12-9-13-27-35(6,7)47-37(34(43)44,20-16-23(5)33(41)42)38(26,27)46-32(28)25(31(24)45-36)15-14-22(3)4;1-18-10-4-6-13-15(7-10)20-9-14-12-5-3-11(19-2)8-16(12)21-17(13)14/h11-12,14,16-17,19,27,39H,9-10,13,15,18,20H2,1-8H3,(H,41,42)(H,43,44);3-8,14,17H,9H2,1-2H3. The van der Waals surface area contributed by atoms with Gasteiger partial charge < -0.3 is 48.5 Å². The number of aliphatic carboxylic acids is 2. The van der Waals surface area contributed by atoms with Crippen LogP contribution in [0.15, 0.2) is 89.1 Å². The molecule has 9 rings (SSSR count). The minimum absolute atomic E-state index is 0.00163. The number of ketones is 1. The molecule has 360 valence electrons. The maximum absolute atomic E-state index is 14.7. The van der Waals surface area contributed by atoms with Crippen molar-refractivity contribution in [2.45, 2.75) is 128 Å². The number of ether oxygens (including phenoxy) is 7. The maximum atomic E-state index is 14.7. The summed E-state index contributed by atoms with van der Waals surface area (Å²) in [6, 6.07) is 11.9. The molecule has 0 saturated carbocycles. The van der Waals surface area contributed by atoms with Gasteiger partial charge in [0.2, 0.25) is 5.60 Å². The first kappa shape index (κ1) is 48.0. The molecule has 6 aliphatic rings. The summed E-state index contributed by atoms with van der Waals surface area (Å²) in [6.07, 6.45) is 13.1. The molecule has 68 heavy (non-hydrogen) atoms. The van der Waals surface area contributed by atoms with Crippen LogP contribution in [0.4, 0.5) is 0 Å². The zero-order valence-electron chi connectivity index (χ0n) is 40.5. The molecule has 13 heteroatoms. The Kier molecular flexibility index (Phi) is 12.6. The van der Waals surface area contributed by atoms with Crippen molar-refractivity contribution in [1.82, 2.24) is 0 Å². The fourth-order valence-electron chi connectivity index (χ4n) is 10.7. The van der Waals surface area contributed by atoms with Gasteiger partial charge in [0.25, 0.3) is 0 Å². The van der Waals surface area contributed by atoms with Crippen LogP contribution in [0.3, 0.4) is 0 Å². The number of carbonyl (C=O) groups excluding carboxylic acids is 1. The summed E-state index contributed by atoms with van der Waals surface area (Å²) >= 11 is 0. The number of phenols is 1. The second-order valence-electron chi connectivity index (χ2n) is 19.7. The fourth-order valence-corrected chi connectivity index (χ4v) is 10.7. The van der Waals surface area contributed by atoms with Gasteiger partial charge in [-0.25, -0.2) is 9.59 Å². The molecular weight excluding hydrogens is 869 g/mol. The number of carboxylic acid groups (broad SMARTS) is 2.